The van der Waals surface area contributed by atoms with E-state index in [1.807, 2.05) is 0 Å². The Hall–Kier alpha value is -1.02. The minimum absolute atomic E-state index is 0.0835. The van der Waals surface area contributed by atoms with E-state index in [9.17, 15) is 5.11 Å². The molecule has 2 fully saturated rings. The highest BCUT2D eigenvalue weighted by atomic mass is 16.5. The van der Waals surface area contributed by atoms with Crippen LogP contribution in [0.4, 0.5) is 0 Å². The molecule has 2 heteroatoms. The zero-order chi connectivity index (χ0) is 21.7. The second-order valence-electron chi connectivity index (χ2n) is 11.8. The largest absolute Gasteiger partial charge is 0.466 e. The lowest BCUT2D eigenvalue weighted by atomic mass is 9.62. The summed E-state index contributed by atoms with van der Waals surface area (Å²) in [5, 5.41) is 10.3. The second kappa shape index (κ2) is 8.15. The molecule has 2 aliphatic carbocycles. The number of allylic oxidation sites excluding steroid dienone is 6. The zero-order valence-electron chi connectivity index (χ0n) is 20.2. The molecule has 2 nitrogen and oxygen atoms in total. The fraction of sp³-hybridized carbons (Fsp3) is 0.786. The van der Waals surface area contributed by atoms with Crippen LogP contribution in [-0.2, 0) is 4.74 Å². The fourth-order valence-electron chi connectivity index (χ4n) is 7.00. The number of fused-ring (bicyclic) bond motifs is 6. The van der Waals surface area contributed by atoms with Gasteiger partial charge >= 0.3 is 0 Å². The first-order chi connectivity index (χ1) is 14.1. The molecule has 30 heavy (non-hydrogen) atoms. The van der Waals surface area contributed by atoms with Gasteiger partial charge in [0.05, 0.1) is 6.10 Å². The van der Waals surface area contributed by atoms with E-state index in [-0.39, 0.29) is 16.9 Å². The highest BCUT2D eigenvalue weighted by Gasteiger charge is 2.53. The summed E-state index contributed by atoms with van der Waals surface area (Å²) in [4.78, 5) is 0. The second-order valence-corrected chi connectivity index (χ2v) is 11.8. The Morgan fingerprint density at radius 3 is 2.57 bits per heavy atom. The van der Waals surface area contributed by atoms with Gasteiger partial charge in [0.1, 0.15) is 11.5 Å². The Bertz CT molecular complexity index is 731. The van der Waals surface area contributed by atoms with E-state index in [0.717, 1.165) is 32.1 Å². The third-order valence-corrected chi connectivity index (χ3v) is 9.73. The van der Waals surface area contributed by atoms with Crippen molar-refractivity contribution < 1.29 is 9.84 Å². The number of ether oxygens (including phenoxy) is 1. The maximum atomic E-state index is 10.3. The summed E-state index contributed by atoms with van der Waals surface area (Å²) in [5.41, 5.74) is 0.357. The molecule has 2 saturated carbocycles. The minimum atomic E-state index is -0.135. The third-order valence-electron chi connectivity index (χ3n) is 9.73. The summed E-state index contributed by atoms with van der Waals surface area (Å²) in [5.74, 6) is 6.16. The van der Waals surface area contributed by atoms with Gasteiger partial charge in [-0.1, -0.05) is 53.7 Å². The molecule has 8 atom stereocenters. The van der Waals surface area contributed by atoms with Crippen molar-refractivity contribution >= 4 is 0 Å². The predicted octanol–water partition coefficient (Wildman–Crippen LogP) is 7.26. The predicted molar refractivity (Wildman–Crippen MR) is 125 cm³/mol. The molecule has 0 aromatic heterocycles. The van der Waals surface area contributed by atoms with Crippen molar-refractivity contribution in [1.29, 1.82) is 0 Å². The summed E-state index contributed by atoms with van der Waals surface area (Å²) in [6, 6.07) is 0. The van der Waals surface area contributed by atoms with Crippen LogP contribution in [0.5, 0.6) is 0 Å². The molecular weight excluding hydrogens is 368 g/mol. The molecule has 168 valence electrons. The number of hydrogen-bond acceptors (Lipinski definition) is 2. The van der Waals surface area contributed by atoms with E-state index in [1.165, 1.54) is 24.4 Å². The lowest BCUT2D eigenvalue weighted by Crippen LogP contribution is -2.37. The van der Waals surface area contributed by atoms with Crippen LogP contribution in [0.2, 0.25) is 0 Å². The molecule has 2 bridgehead atoms. The number of aliphatic hydroxyl groups excluding tert-OH is 1. The average Bonchev–Trinajstić information content (AvgIpc) is 2.88. The molecule has 4 rings (SSSR count). The lowest BCUT2D eigenvalue weighted by Gasteiger charge is -2.42. The normalized spacial score (nSPS) is 43.1. The van der Waals surface area contributed by atoms with Crippen LogP contribution < -0.4 is 0 Å². The quantitative estimate of drug-likeness (QED) is 0.492. The number of hydrogen-bond donors (Lipinski definition) is 1. The Labute approximate surface area is 184 Å². The molecule has 0 saturated heterocycles. The van der Waals surface area contributed by atoms with Crippen molar-refractivity contribution in [2.75, 3.05) is 0 Å². The van der Waals surface area contributed by atoms with Crippen molar-refractivity contribution in [3.05, 3.63) is 35.8 Å². The lowest BCUT2D eigenvalue weighted by molar-refractivity contribution is 0.0165. The average molecular weight is 413 g/mol. The first-order valence-corrected chi connectivity index (χ1v) is 12.6. The Morgan fingerprint density at radius 1 is 1.07 bits per heavy atom. The summed E-state index contributed by atoms with van der Waals surface area (Å²) in [6.45, 7) is 14.3. The van der Waals surface area contributed by atoms with Crippen LogP contribution in [0, 0.1) is 46.3 Å². The maximum Gasteiger partial charge on any atom is 0.106 e. The van der Waals surface area contributed by atoms with E-state index in [0.29, 0.717) is 35.5 Å². The smallest absolute Gasteiger partial charge is 0.106 e. The zero-order valence-corrected chi connectivity index (χ0v) is 20.2. The monoisotopic (exact) mass is 412 g/mol. The number of rotatable bonds is 4. The molecule has 0 spiro atoms. The van der Waals surface area contributed by atoms with E-state index < -0.39 is 0 Å². The van der Waals surface area contributed by atoms with Crippen LogP contribution in [-0.4, -0.2) is 11.2 Å². The van der Waals surface area contributed by atoms with Crippen molar-refractivity contribution in [1.82, 2.24) is 0 Å². The van der Waals surface area contributed by atoms with Crippen molar-refractivity contribution in [2.24, 2.45) is 46.3 Å². The standard InChI is InChI=1S/C28H44O2/c1-18(2)19(3)7-8-20(4)23-10-11-24-25-12-9-21-17-22(29)13-15-27(21,5)26(30-25)14-16-28(23,24)6/h7-8,12,14,18-24,29H,9-11,13,15-17H2,1-6H3/b8-7+/t19-,20-,21?,22+,23-,24?,27+,28-/m1/s1. The van der Waals surface area contributed by atoms with Crippen molar-refractivity contribution in [3.8, 4) is 0 Å². The Balaban J connectivity index is 1.61. The Morgan fingerprint density at radius 2 is 1.83 bits per heavy atom. The fourth-order valence-corrected chi connectivity index (χ4v) is 7.00. The molecule has 1 N–H and O–H groups in total. The number of aliphatic hydroxyl groups is 1. The van der Waals surface area contributed by atoms with Crippen LogP contribution >= 0.6 is 0 Å². The SMILES string of the molecule is CC(C)[C@H](C)/C=C/[C@@H](C)[C@H]1CCC2C3=CCC4C[C@@H](O)CC[C@]4(C)C(=CC[C@@]21C)O3. The van der Waals surface area contributed by atoms with E-state index >= 15 is 0 Å². The van der Waals surface area contributed by atoms with Gasteiger partial charge in [-0.3, -0.25) is 0 Å². The Kier molecular flexibility index (Phi) is 6.03. The highest BCUT2D eigenvalue weighted by Crippen LogP contribution is 2.61. The van der Waals surface area contributed by atoms with Gasteiger partial charge in [0.2, 0.25) is 0 Å². The van der Waals surface area contributed by atoms with E-state index in [2.05, 4.69) is 65.8 Å². The molecule has 0 aromatic rings. The van der Waals surface area contributed by atoms with Gasteiger partial charge in [0, 0.05) is 11.3 Å². The molecule has 0 aromatic carbocycles. The van der Waals surface area contributed by atoms with E-state index in [4.69, 9.17) is 4.74 Å². The molecule has 0 radical (unpaired) electrons. The molecule has 2 aliphatic heterocycles. The first kappa shape index (κ1) is 22.2. The van der Waals surface area contributed by atoms with Gasteiger partial charge in [-0.25, -0.2) is 0 Å². The molecule has 2 unspecified atom stereocenters. The molecular formula is C28H44O2. The third kappa shape index (κ3) is 3.72. The van der Waals surface area contributed by atoms with Crippen LogP contribution in [0.25, 0.3) is 0 Å². The van der Waals surface area contributed by atoms with Gasteiger partial charge in [0.15, 0.2) is 0 Å². The molecule has 0 amide bonds. The van der Waals surface area contributed by atoms with Gasteiger partial charge in [0.25, 0.3) is 0 Å². The summed E-state index contributed by atoms with van der Waals surface area (Å²) in [6.07, 6.45) is 17.3. The highest BCUT2D eigenvalue weighted by molar-refractivity contribution is 5.25. The van der Waals surface area contributed by atoms with Gasteiger partial charge in [-0.2, -0.15) is 0 Å². The van der Waals surface area contributed by atoms with E-state index in [1.54, 1.807) is 0 Å². The molecule has 4 aliphatic rings. The first-order valence-electron chi connectivity index (χ1n) is 12.6. The van der Waals surface area contributed by atoms with Gasteiger partial charge in [-0.05, 0) is 92.1 Å². The van der Waals surface area contributed by atoms with Gasteiger partial charge in [-0.15, -0.1) is 0 Å². The minimum Gasteiger partial charge on any atom is -0.466 e. The maximum absolute atomic E-state index is 10.3. The summed E-state index contributed by atoms with van der Waals surface area (Å²) >= 11 is 0. The molecule has 2 heterocycles. The van der Waals surface area contributed by atoms with Crippen LogP contribution in [0.3, 0.4) is 0 Å². The van der Waals surface area contributed by atoms with Crippen LogP contribution in [0.1, 0.15) is 86.5 Å². The van der Waals surface area contributed by atoms with Crippen LogP contribution in [0.15, 0.2) is 35.8 Å². The summed E-state index contributed by atoms with van der Waals surface area (Å²) in [7, 11) is 0. The summed E-state index contributed by atoms with van der Waals surface area (Å²) < 4.78 is 6.74. The van der Waals surface area contributed by atoms with Crippen molar-refractivity contribution in [2.45, 2.75) is 92.6 Å². The van der Waals surface area contributed by atoms with Crippen molar-refractivity contribution in [3.63, 3.8) is 0 Å². The topological polar surface area (TPSA) is 29.5 Å². The van der Waals surface area contributed by atoms with Gasteiger partial charge < -0.3 is 9.84 Å².